The fraction of sp³-hybridized carbons (Fsp3) is 0.462. The van der Waals surface area contributed by atoms with Crippen LogP contribution in [0, 0.1) is 5.41 Å². The third-order valence-corrected chi connectivity index (χ3v) is 3.02. The van der Waals surface area contributed by atoms with Crippen LogP contribution in [-0.2, 0) is 0 Å². The SMILES string of the molecule is CC(Nc1c(N)cccc1C(N)=O)C(C)(C)C. The third-order valence-electron chi connectivity index (χ3n) is 3.02. The Kier molecular flexibility index (Phi) is 3.66. The van der Waals surface area contributed by atoms with Crippen LogP contribution in [0.3, 0.4) is 0 Å². The number of nitrogen functional groups attached to an aromatic ring is 1. The van der Waals surface area contributed by atoms with E-state index in [9.17, 15) is 4.79 Å². The van der Waals surface area contributed by atoms with Crippen molar-refractivity contribution >= 4 is 17.3 Å². The second-order valence-electron chi connectivity index (χ2n) is 5.37. The number of amides is 1. The number of rotatable bonds is 3. The molecule has 0 radical (unpaired) electrons. The van der Waals surface area contributed by atoms with E-state index in [2.05, 4.69) is 33.0 Å². The first-order valence-corrected chi connectivity index (χ1v) is 5.68. The summed E-state index contributed by atoms with van der Waals surface area (Å²) in [5.41, 5.74) is 12.9. The first-order chi connectivity index (χ1) is 7.73. The van der Waals surface area contributed by atoms with E-state index < -0.39 is 5.91 Å². The number of benzene rings is 1. The van der Waals surface area contributed by atoms with Gasteiger partial charge in [0, 0.05) is 6.04 Å². The maximum atomic E-state index is 11.3. The molecule has 1 aromatic rings. The molecule has 17 heavy (non-hydrogen) atoms. The highest BCUT2D eigenvalue weighted by Crippen LogP contribution is 2.28. The van der Waals surface area contributed by atoms with Crippen molar-refractivity contribution in [1.29, 1.82) is 0 Å². The molecule has 0 aromatic heterocycles. The zero-order valence-electron chi connectivity index (χ0n) is 10.9. The van der Waals surface area contributed by atoms with Gasteiger partial charge in [0.05, 0.1) is 16.9 Å². The molecular weight excluding hydrogens is 214 g/mol. The summed E-state index contributed by atoms with van der Waals surface area (Å²) in [6.07, 6.45) is 0. The fourth-order valence-electron chi connectivity index (χ4n) is 1.37. The van der Waals surface area contributed by atoms with E-state index in [1.165, 1.54) is 0 Å². The molecule has 1 aromatic carbocycles. The van der Waals surface area contributed by atoms with Gasteiger partial charge in [0.15, 0.2) is 0 Å². The predicted molar refractivity (Wildman–Crippen MR) is 71.9 cm³/mol. The van der Waals surface area contributed by atoms with E-state index in [4.69, 9.17) is 11.5 Å². The third kappa shape index (κ3) is 3.12. The second-order valence-corrected chi connectivity index (χ2v) is 5.37. The maximum absolute atomic E-state index is 11.3. The molecule has 5 N–H and O–H groups in total. The zero-order valence-corrected chi connectivity index (χ0v) is 10.9. The van der Waals surface area contributed by atoms with E-state index >= 15 is 0 Å². The van der Waals surface area contributed by atoms with Crippen LogP contribution in [0.5, 0.6) is 0 Å². The molecule has 4 heteroatoms. The number of nitrogens with one attached hydrogen (secondary N) is 1. The molecule has 0 saturated carbocycles. The number of primary amides is 1. The highest BCUT2D eigenvalue weighted by molar-refractivity contribution is 6.01. The molecule has 0 spiro atoms. The Hall–Kier alpha value is -1.71. The van der Waals surface area contributed by atoms with Crippen LogP contribution in [0.15, 0.2) is 18.2 Å². The topological polar surface area (TPSA) is 81.1 Å². The lowest BCUT2D eigenvalue weighted by molar-refractivity contribution is 0.100. The van der Waals surface area contributed by atoms with Gasteiger partial charge in [0.1, 0.15) is 0 Å². The minimum atomic E-state index is -0.471. The Balaban J connectivity index is 3.09. The number of para-hydroxylation sites is 1. The van der Waals surface area contributed by atoms with Crippen molar-refractivity contribution < 1.29 is 4.79 Å². The molecule has 1 unspecified atom stereocenters. The van der Waals surface area contributed by atoms with Crippen LogP contribution in [-0.4, -0.2) is 11.9 Å². The summed E-state index contributed by atoms with van der Waals surface area (Å²) in [6, 6.07) is 5.33. The van der Waals surface area contributed by atoms with Crippen molar-refractivity contribution in [2.75, 3.05) is 11.1 Å². The van der Waals surface area contributed by atoms with Gasteiger partial charge in [-0.3, -0.25) is 4.79 Å². The average molecular weight is 235 g/mol. The number of nitrogens with two attached hydrogens (primary N) is 2. The summed E-state index contributed by atoms with van der Waals surface area (Å²) in [4.78, 5) is 11.3. The van der Waals surface area contributed by atoms with Gasteiger partial charge >= 0.3 is 0 Å². The van der Waals surface area contributed by atoms with Gasteiger partial charge in [-0.15, -0.1) is 0 Å². The molecular formula is C13H21N3O. The van der Waals surface area contributed by atoms with Gasteiger partial charge < -0.3 is 16.8 Å². The largest absolute Gasteiger partial charge is 0.397 e. The van der Waals surface area contributed by atoms with Crippen LogP contribution in [0.25, 0.3) is 0 Å². The fourth-order valence-corrected chi connectivity index (χ4v) is 1.37. The zero-order chi connectivity index (χ0) is 13.2. The lowest BCUT2D eigenvalue weighted by Crippen LogP contribution is -2.32. The van der Waals surface area contributed by atoms with Crippen LogP contribution in [0.1, 0.15) is 38.1 Å². The molecule has 1 rings (SSSR count). The van der Waals surface area contributed by atoms with Crippen molar-refractivity contribution in [3.63, 3.8) is 0 Å². The normalized spacial score (nSPS) is 13.2. The average Bonchev–Trinajstić information content (AvgIpc) is 2.18. The number of carbonyl (C=O) groups is 1. The quantitative estimate of drug-likeness (QED) is 0.703. The standard InChI is InChI=1S/C13H21N3O/c1-8(13(2,3)4)16-11-9(12(15)17)6-5-7-10(11)14/h5-8,16H,14H2,1-4H3,(H2,15,17). The van der Waals surface area contributed by atoms with Crippen molar-refractivity contribution in [3.05, 3.63) is 23.8 Å². The van der Waals surface area contributed by atoms with E-state index in [1.807, 2.05) is 0 Å². The van der Waals surface area contributed by atoms with E-state index in [0.29, 0.717) is 16.9 Å². The first-order valence-electron chi connectivity index (χ1n) is 5.68. The lowest BCUT2D eigenvalue weighted by Gasteiger charge is -2.30. The molecule has 0 aliphatic heterocycles. The molecule has 1 atom stereocenters. The highest BCUT2D eigenvalue weighted by atomic mass is 16.1. The Morgan fingerprint density at radius 3 is 2.41 bits per heavy atom. The number of hydrogen-bond donors (Lipinski definition) is 3. The molecule has 0 aliphatic rings. The maximum Gasteiger partial charge on any atom is 0.250 e. The van der Waals surface area contributed by atoms with E-state index in [-0.39, 0.29) is 11.5 Å². The number of anilines is 2. The summed E-state index contributed by atoms with van der Waals surface area (Å²) in [7, 11) is 0. The van der Waals surface area contributed by atoms with Crippen LogP contribution >= 0.6 is 0 Å². The minimum Gasteiger partial charge on any atom is -0.397 e. The highest BCUT2D eigenvalue weighted by Gasteiger charge is 2.22. The summed E-state index contributed by atoms with van der Waals surface area (Å²) < 4.78 is 0. The van der Waals surface area contributed by atoms with Crippen LogP contribution in [0.4, 0.5) is 11.4 Å². The molecule has 0 heterocycles. The van der Waals surface area contributed by atoms with Crippen molar-refractivity contribution in [2.24, 2.45) is 11.1 Å². The predicted octanol–water partition coefficient (Wildman–Crippen LogP) is 2.21. The molecule has 0 saturated heterocycles. The number of carbonyl (C=O) groups excluding carboxylic acids is 1. The summed E-state index contributed by atoms with van der Waals surface area (Å²) in [6.45, 7) is 8.41. The molecule has 1 amide bonds. The van der Waals surface area contributed by atoms with Crippen molar-refractivity contribution in [3.8, 4) is 0 Å². The van der Waals surface area contributed by atoms with Crippen molar-refractivity contribution in [1.82, 2.24) is 0 Å². The van der Waals surface area contributed by atoms with Gasteiger partial charge in [-0.2, -0.15) is 0 Å². The van der Waals surface area contributed by atoms with Crippen molar-refractivity contribution in [2.45, 2.75) is 33.7 Å². The van der Waals surface area contributed by atoms with Gasteiger partial charge in [-0.1, -0.05) is 26.8 Å². The van der Waals surface area contributed by atoms with E-state index in [1.54, 1.807) is 18.2 Å². The van der Waals surface area contributed by atoms with Gasteiger partial charge in [0.25, 0.3) is 5.91 Å². The Bertz CT molecular complexity index is 421. The molecule has 4 nitrogen and oxygen atoms in total. The minimum absolute atomic E-state index is 0.0667. The molecule has 0 bridgehead atoms. The summed E-state index contributed by atoms with van der Waals surface area (Å²) >= 11 is 0. The Morgan fingerprint density at radius 1 is 1.35 bits per heavy atom. The molecule has 94 valence electrons. The molecule has 0 aliphatic carbocycles. The Labute approximate surface area is 102 Å². The summed E-state index contributed by atoms with van der Waals surface area (Å²) in [5, 5.41) is 3.27. The van der Waals surface area contributed by atoms with Gasteiger partial charge in [-0.25, -0.2) is 0 Å². The van der Waals surface area contributed by atoms with Gasteiger partial charge in [0.2, 0.25) is 0 Å². The van der Waals surface area contributed by atoms with Crippen LogP contribution < -0.4 is 16.8 Å². The first kappa shape index (κ1) is 13.4. The molecule has 0 fully saturated rings. The van der Waals surface area contributed by atoms with E-state index in [0.717, 1.165) is 0 Å². The van der Waals surface area contributed by atoms with Crippen LogP contribution in [0.2, 0.25) is 0 Å². The number of hydrogen-bond acceptors (Lipinski definition) is 3. The lowest BCUT2D eigenvalue weighted by atomic mass is 9.87. The monoisotopic (exact) mass is 235 g/mol. The summed E-state index contributed by atoms with van der Waals surface area (Å²) in [5.74, 6) is -0.471. The Morgan fingerprint density at radius 2 is 1.94 bits per heavy atom. The van der Waals surface area contributed by atoms with Gasteiger partial charge in [-0.05, 0) is 24.5 Å². The smallest absolute Gasteiger partial charge is 0.250 e. The second kappa shape index (κ2) is 4.65.